The second-order valence-corrected chi connectivity index (χ2v) is 7.38. The van der Waals surface area contributed by atoms with E-state index in [-0.39, 0.29) is 23.4 Å². The normalized spacial score (nSPS) is 11.5. The van der Waals surface area contributed by atoms with Crippen LogP contribution in [-0.2, 0) is 21.2 Å². The van der Waals surface area contributed by atoms with Crippen LogP contribution in [0.1, 0.15) is 12.1 Å². The maximum atomic E-state index is 13.0. The number of benzene rings is 1. The van der Waals surface area contributed by atoms with Crippen LogP contribution in [0.4, 0.5) is 0 Å². The first kappa shape index (κ1) is 18.6. The zero-order chi connectivity index (χ0) is 19.6. The number of methoxy groups -OCH3 is 2. The molecule has 27 heavy (non-hydrogen) atoms. The number of pyridine rings is 1. The standard InChI is InChI=1S/C17H17N3O6S/c1-25-11-3-5-13(6-4-11)27(23,24)20-17-14(9-12(26-2)10-18-17)15(19-20)7-8-16(21)22/h3-6,9-10H,7-8H2,1-2H3,(H,21,22). The third kappa shape index (κ3) is 3.56. The predicted molar refractivity (Wildman–Crippen MR) is 95.6 cm³/mol. The van der Waals surface area contributed by atoms with E-state index in [0.717, 1.165) is 4.09 Å². The Morgan fingerprint density at radius 2 is 1.81 bits per heavy atom. The number of aromatic nitrogens is 3. The van der Waals surface area contributed by atoms with Crippen molar-refractivity contribution in [1.82, 2.24) is 14.2 Å². The summed E-state index contributed by atoms with van der Waals surface area (Å²) in [5.74, 6) is -0.0729. The lowest BCUT2D eigenvalue weighted by Gasteiger charge is -2.06. The third-order valence-corrected chi connectivity index (χ3v) is 5.52. The van der Waals surface area contributed by atoms with Crippen LogP contribution in [0.2, 0.25) is 0 Å². The molecule has 0 saturated heterocycles. The number of hydrogen-bond donors (Lipinski definition) is 1. The zero-order valence-electron chi connectivity index (χ0n) is 14.6. The van der Waals surface area contributed by atoms with Crippen LogP contribution in [0, 0.1) is 0 Å². The SMILES string of the molecule is COc1ccc(S(=O)(=O)n2nc(CCC(=O)O)c3cc(OC)cnc32)cc1. The van der Waals surface area contributed by atoms with Crippen LogP contribution in [0.25, 0.3) is 11.0 Å². The Morgan fingerprint density at radius 1 is 1.15 bits per heavy atom. The first-order valence-electron chi connectivity index (χ1n) is 7.90. The summed E-state index contributed by atoms with van der Waals surface area (Å²) < 4.78 is 37.0. The van der Waals surface area contributed by atoms with E-state index >= 15 is 0 Å². The van der Waals surface area contributed by atoms with Gasteiger partial charge < -0.3 is 14.6 Å². The van der Waals surface area contributed by atoms with Gasteiger partial charge in [0.25, 0.3) is 10.0 Å². The lowest BCUT2D eigenvalue weighted by atomic mass is 10.2. The van der Waals surface area contributed by atoms with E-state index in [0.29, 0.717) is 22.6 Å². The Morgan fingerprint density at radius 3 is 2.41 bits per heavy atom. The number of fused-ring (bicyclic) bond motifs is 1. The number of rotatable bonds is 7. The Hall–Kier alpha value is -3.14. The van der Waals surface area contributed by atoms with Crippen molar-refractivity contribution in [2.75, 3.05) is 14.2 Å². The molecule has 0 aliphatic heterocycles. The molecule has 0 saturated carbocycles. The average Bonchev–Trinajstić information content (AvgIpc) is 3.05. The quantitative estimate of drug-likeness (QED) is 0.646. The van der Waals surface area contributed by atoms with Crippen molar-refractivity contribution in [3.63, 3.8) is 0 Å². The van der Waals surface area contributed by atoms with Gasteiger partial charge in [0.2, 0.25) is 0 Å². The van der Waals surface area contributed by atoms with Gasteiger partial charge in [-0.3, -0.25) is 4.79 Å². The van der Waals surface area contributed by atoms with Crippen LogP contribution in [0.15, 0.2) is 41.4 Å². The minimum Gasteiger partial charge on any atom is -0.497 e. The molecule has 0 radical (unpaired) electrons. The molecule has 3 rings (SSSR count). The fourth-order valence-corrected chi connectivity index (χ4v) is 3.81. The highest BCUT2D eigenvalue weighted by Crippen LogP contribution is 2.26. The van der Waals surface area contributed by atoms with E-state index < -0.39 is 16.0 Å². The summed E-state index contributed by atoms with van der Waals surface area (Å²) in [7, 11) is -1.09. The van der Waals surface area contributed by atoms with Crippen molar-refractivity contribution in [2.45, 2.75) is 17.7 Å². The topological polar surface area (TPSA) is 121 Å². The van der Waals surface area contributed by atoms with Gasteiger partial charge in [0.1, 0.15) is 11.5 Å². The van der Waals surface area contributed by atoms with E-state index in [1.54, 1.807) is 6.07 Å². The summed E-state index contributed by atoms with van der Waals surface area (Å²) in [4.78, 5) is 15.1. The van der Waals surface area contributed by atoms with E-state index in [4.69, 9.17) is 14.6 Å². The molecular formula is C17H17N3O6S. The number of nitrogens with zero attached hydrogens (tertiary/aromatic N) is 3. The number of ether oxygens (including phenoxy) is 2. The maximum Gasteiger partial charge on any atom is 0.303 e. The summed E-state index contributed by atoms with van der Waals surface area (Å²) in [6.07, 6.45) is 1.25. The largest absolute Gasteiger partial charge is 0.497 e. The van der Waals surface area contributed by atoms with Crippen molar-refractivity contribution in [2.24, 2.45) is 0 Å². The van der Waals surface area contributed by atoms with Gasteiger partial charge in [-0.05, 0) is 30.3 Å². The molecule has 10 heteroatoms. The van der Waals surface area contributed by atoms with Crippen LogP contribution < -0.4 is 9.47 Å². The van der Waals surface area contributed by atoms with Gasteiger partial charge in [-0.2, -0.15) is 13.5 Å². The molecule has 142 valence electrons. The zero-order valence-corrected chi connectivity index (χ0v) is 15.4. The van der Waals surface area contributed by atoms with Gasteiger partial charge in [-0.15, -0.1) is 4.09 Å². The van der Waals surface area contributed by atoms with Crippen LogP contribution >= 0.6 is 0 Å². The highest BCUT2D eigenvalue weighted by atomic mass is 32.2. The Kier molecular flexibility index (Phi) is 5.00. The number of aliphatic carboxylic acids is 1. The van der Waals surface area contributed by atoms with Crippen LogP contribution in [0.5, 0.6) is 11.5 Å². The number of hydrogen-bond acceptors (Lipinski definition) is 7. The minimum absolute atomic E-state index is 0.00935. The Labute approximate surface area is 155 Å². The summed E-state index contributed by atoms with van der Waals surface area (Å²) in [6.45, 7) is 0. The first-order valence-corrected chi connectivity index (χ1v) is 9.34. The first-order chi connectivity index (χ1) is 12.9. The monoisotopic (exact) mass is 391 g/mol. The lowest BCUT2D eigenvalue weighted by Crippen LogP contribution is -2.15. The molecule has 1 aromatic carbocycles. The molecule has 1 N–H and O–H groups in total. The van der Waals surface area contributed by atoms with Crippen molar-refractivity contribution in [1.29, 1.82) is 0 Å². The Bertz CT molecular complexity index is 1090. The molecule has 0 unspecified atom stereocenters. The molecule has 0 spiro atoms. The van der Waals surface area contributed by atoms with E-state index in [2.05, 4.69) is 10.1 Å². The fourth-order valence-electron chi connectivity index (χ4n) is 2.55. The second-order valence-electron chi connectivity index (χ2n) is 5.61. The van der Waals surface area contributed by atoms with Crippen molar-refractivity contribution < 1.29 is 27.8 Å². The van der Waals surface area contributed by atoms with Crippen molar-refractivity contribution in [3.8, 4) is 11.5 Å². The van der Waals surface area contributed by atoms with Crippen molar-refractivity contribution >= 4 is 27.0 Å². The van der Waals surface area contributed by atoms with Gasteiger partial charge in [0.05, 0.1) is 37.4 Å². The fraction of sp³-hybridized carbons (Fsp3) is 0.235. The predicted octanol–water partition coefficient (Wildman–Crippen LogP) is 1.70. The molecule has 3 aromatic rings. The van der Waals surface area contributed by atoms with Gasteiger partial charge >= 0.3 is 5.97 Å². The second kappa shape index (κ2) is 7.23. The maximum absolute atomic E-state index is 13.0. The molecule has 2 heterocycles. The number of aryl methyl sites for hydroxylation is 1. The molecule has 9 nitrogen and oxygen atoms in total. The molecule has 2 aromatic heterocycles. The molecule has 0 fully saturated rings. The number of carboxylic acids is 1. The van der Waals surface area contributed by atoms with Gasteiger partial charge in [-0.1, -0.05) is 0 Å². The molecule has 0 aliphatic rings. The van der Waals surface area contributed by atoms with Gasteiger partial charge in [0, 0.05) is 11.8 Å². The van der Waals surface area contributed by atoms with Crippen LogP contribution in [0.3, 0.4) is 0 Å². The van der Waals surface area contributed by atoms with Gasteiger partial charge in [0.15, 0.2) is 5.65 Å². The molecule has 0 amide bonds. The summed E-state index contributed by atoms with van der Waals surface area (Å²) in [5.41, 5.74) is 0.419. The molecular weight excluding hydrogens is 374 g/mol. The molecule has 0 atom stereocenters. The number of carboxylic acid groups (broad SMARTS) is 1. The highest BCUT2D eigenvalue weighted by molar-refractivity contribution is 7.90. The summed E-state index contributed by atoms with van der Waals surface area (Å²) in [6, 6.07) is 7.46. The van der Waals surface area contributed by atoms with Crippen molar-refractivity contribution in [3.05, 3.63) is 42.2 Å². The third-order valence-electron chi connectivity index (χ3n) is 3.94. The van der Waals surface area contributed by atoms with Crippen LogP contribution in [-0.4, -0.2) is 47.9 Å². The van der Waals surface area contributed by atoms with E-state index in [1.165, 1.54) is 44.7 Å². The van der Waals surface area contributed by atoms with Gasteiger partial charge in [-0.25, -0.2) is 4.98 Å². The summed E-state index contributed by atoms with van der Waals surface area (Å²) >= 11 is 0. The summed E-state index contributed by atoms with van der Waals surface area (Å²) in [5, 5.41) is 13.5. The molecule has 0 aliphatic carbocycles. The Balaban J connectivity index is 2.15. The number of carbonyl (C=O) groups is 1. The van der Waals surface area contributed by atoms with E-state index in [9.17, 15) is 13.2 Å². The average molecular weight is 391 g/mol. The lowest BCUT2D eigenvalue weighted by molar-refractivity contribution is -0.136. The smallest absolute Gasteiger partial charge is 0.303 e. The van der Waals surface area contributed by atoms with E-state index in [1.807, 2.05) is 0 Å². The highest BCUT2D eigenvalue weighted by Gasteiger charge is 2.24. The molecule has 0 bridgehead atoms. The minimum atomic E-state index is -4.03.